The van der Waals surface area contributed by atoms with E-state index in [0.717, 1.165) is 7.11 Å². The molecular formula is C6H13Cl3O2. The van der Waals surface area contributed by atoms with Gasteiger partial charge < -0.3 is 9.90 Å². The number of hydrogen-bond donors (Lipinski definition) is 1. The third kappa shape index (κ3) is 121. The predicted octanol–water partition coefficient (Wildman–Crippen LogP) is 2.58. The first-order chi connectivity index (χ1) is 5.00. The normalized spacial score (nSPS) is 7.27. The topological polar surface area (TPSA) is 37.3 Å². The first kappa shape index (κ1) is 17.5. The minimum atomic E-state index is -0.750. The number of aliphatic hydroxyl groups excluding tert-OH is 1. The average Bonchev–Trinajstić information content (AvgIpc) is 1.91. The Hall–Kier alpha value is 0.500. The molecule has 0 heterocycles. The van der Waals surface area contributed by atoms with Crippen molar-refractivity contribution in [3.8, 4) is 0 Å². The molecule has 0 aromatic rings. The molecule has 1 N–H and O–H groups in total. The molecule has 11 heavy (non-hydrogen) atoms. The zero-order valence-corrected chi connectivity index (χ0v) is 9.04. The van der Waals surface area contributed by atoms with Gasteiger partial charge in [-0.2, -0.15) is 0 Å². The van der Waals surface area contributed by atoms with Crippen LogP contribution in [0.15, 0.2) is 0 Å². The van der Waals surface area contributed by atoms with Crippen LogP contribution in [0, 0.1) is 0 Å². The lowest BCUT2D eigenvalue weighted by Crippen LogP contribution is -1.80. The third-order valence-electron chi connectivity index (χ3n) is 0.498. The van der Waals surface area contributed by atoms with Crippen LogP contribution in [0.2, 0.25) is 0 Å². The quantitative estimate of drug-likeness (QED) is 0.694. The fourth-order valence-electron chi connectivity index (χ4n) is 0. The van der Waals surface area contributed by atoms with Gasteiger partial charge in [0, 0.05) is 13.5 Å². The van der Waals surface area contributed by atoms with E-state index >= 15 is 0 Å². The van der Waals surface area contributed by atoms with Gasteiger partial charge in [0.1, 0.15) is 5.78 Å². The van der Waals surface area contributed by atoms with Crippen LogP contribution in [-0.4, -0.2) is 22.3 Å². The Morgan fingerprint density at radius 3 is 1.45 bits per heavy atom. The summed E-state index contributed by atoms with van der Waals surface area (Å²) in [6.45, 7) is 3.43. The minimum Gasteiger partial charge on any atom is -0.400 e. The van der Waals surface area contributed by atoms with E-state index in [-0.39, 0.29) is 5.78 Å². The molecule has 0 rings (SSSR count). The Morgan fingerprint density at radius 2 is 1.45 bits per heavy atom. The second-order valence-corrected chi connectivity index (χ2v) is 3.28. The first-order valence-corrected chi connectivity index (χ1v) is 4.18. The number of rotatable bonds is 1. The first-order valence-electron chi connectivity index (χ1n) is 2.87. The van der Waals surface area contributed by atoms with Gasteiger partial charge in [-0.1, -0.05) is 41.7 Å². The van der Waals surface area contributed by atoms with Crippen molar-refractivity contribution in [3.63, 3.8) is 0 Å². The van der Waals surface area contributed by atoms with E-state index in [1.807, 2.05) is 6.92 Å². The molecule has 0 saturated heterocycles. The van der Waals surface area contributed by atoms with Crippen molar-refractivity contribution in [1.82, 2.24) is 0 Å². The maximum atomic E-state index is 9.81. The fourth-order valence-corrected chi connectivity index (χ4v) is 0. The highest BCUT2D eigenvalue weighted by atomic mass is 35.6. The molecule has 5 heteroatoms. The largest absolute Gasteiger partial charge is 0.400 e. The number of alkyl halides is 3. The van der Waals surface area contributed by atoms with E-state index in [1.165, 1.54) is 0 Å². The number of hydrogen-bond acceptors (Lipinski definition) is 2. The summed E-state index contributed by atoms with van der Waals surface area (Å²) in [6, 6.07) is 0. The molecule has 70 valence electrons. The Bertz CT molecular complexity index is 73.5. The van der Waals surface area contributed by atoms with Gasteiger partial charge in [0.15, 0.2) is 4.30 Å². The number of carbonyl (C=O) groups excluding carboxylic acids is 1. The minimum absolute atomic E-state index is 0.255. The monoisotopic (exact) mass is 222 g/mol. The summed E-state index contributed by atoms with van der Waals surface area (Å²) in [5, 5.41) is 7.00. The predicted molar refractivity (Wildman–Crippen MR) is 50.5 cm³/mol. The molecule has 2 nitrogen and oxygen atoms in total. The van der Waals surface area contributed by atoms with Crippen molar-refractivity contribution in [2.45, 2.75) is 24.6 Å². The zero-order chi connectivity index (χ0) is 9.86. The van der Waals surface area contributed by atoms with Gasteiger partial charge in [0.05, 0.1) is 0 Å². The Balaban J connectivity index is -0.0000000965. The summed E-state index contributed by atoms with van der Waals surface area (Å²) in [5.41, 5.74) is 0. The molecule has 0 atom stereocenters. The second-order valence-electron chi connectivity index (χ2n) is 1.30. The molecule has 0 radical (unpaired) electrons. The fraction of sp³-hybridized carbons (Fsp3) is 0.833. The molecule has 0 saturated carbocycles. The SMILES string of the molecule is CCC(C)=O.CO.ClC(Cl)Cl. The highest BCUT2D eigenvalue weighted by Crippen LogP contribution is 2.03. The van der Waals surface area contributed by atoms with Crippen molar-refractivity contribution >= 4 is 40.6 Å². The van der Waals surface area contributed by atoms with Crippen LogP contribution >= 0.6 is 34.8 Å². The number of halogens is 3. The molecule has 0 aromatic carbocycles. The van der Waals surface area contributed by atoms with Crippen LogP contribution in [0.1, 0.15) is 20.3 Å². The van der Waals surface area contributed by atoms with Crippen molar-refractivity contribution in [3.05, 3.63) is 0 Å². The average molecular weight is 224 g/mol. The van der Waals surface area contributed by atoms with Crippen LogP contribution in [-0.2, 0) is 4.79 Å². The lowest BCUT2D eigenvalue weighted by Gasteiger charge is -1.71. The van der Waals surface area contributed by atoms with Crippen molar-refractivity contribution < 1.29 is 9.90 Å². The maximum Gasteiger partial charge on any atom is 0.180 e. The number of carbonyl (C=O) groups is 1. The third-order valence-corrected chi connectivity index (χ3v) is 0.498. The van der Waals surface area contributed by atoms with E-state index in [0.29, 0.717) is 6.42 Å². The van der Waals surface area contributed by atoms with Crippen molar-refractivity contribution in [1.29, 1.82) is 0 Å². The summed E-state index contributed by atoms with van der Waals surface area (Å²) in [4.78, 5) is 9.81. The van der Waals surface area contributed by atoms with E-state index in [9.17, 15) is 4.79 Å². The van der Waals surface area contributed by atoms with Crippen LogP contribution in [0.4, 0.5) is 0 Å². The van der Waals surface area contributed by atoms with Crippen molar-refractivity contribution in [2.24, 2.45) is 0 Å². The summed E-state index contributed by atoms with van der Waals surface area (Å²) < 4.78 is -0.750. The van der Waals surface area contributed by atoms with Gasteiger partial charge in [-0.25, -0.2) is 0 Å². The van der Waals surface area contributed by atoms with Crippen LogP contribution < -0.4 is 0 Å². The number of aliphatic hydroxyl groups is 1. The Labute approximate surface area is 82.4 Å². The summed E-state index contributed by atoms with van der Waals surface area (Å²) in [5.74, 6) is 0.255. The standard InChI is InChI=1S/C4H8O.CHCl3.CH4O/c1-3-4(2)5;2-1(3)4;1-2/h3H2,1-2H3;1H;2H,1H3. The Morgan fingerprint density at radius 1 is 1.36 bits per heavy atom. The smallest absolute Gasteiger partial charge is 0.180 e. The lowest BCUT2D eigenvalue weighted by atomic mass is 10.4. The summed E-state index contributed by atoms with van der Waals surface area (Å²) in [7, 11) is 1.00. The van der Waals surface area contributed by atoms with E-state index in [2.05, 4.69) is 0 Å². The van der Waals surface area contributed by atoms with Gasteiger partial charge in [-0.05, 0) is 6.92 Å². The number of ketones is 1. The molecule has 0 aromatic heterocycles. The molecule has 0 aliphatic rings. The van der Waals surface area contributed by atoms with Gasteiger partial charge in [-0.3, -0.25) is 0 Å². The van der Waals surface area contributed by atoms with Gasteiger partial charge in [0.25, 0.3) is 0 Å². The molecule has 0 amide bonds. The Kier molecular flexibility index (Phi) is 26.9. The highest BCUT2D eigenvalue weighted by Gasteiger charge is 1.79. The van der Waals surface area contributed by atoms with E-state index in [4.69, 9.17) is 39.9 Å². The summed E-state index contributed by atoms with van der Waals surface area (Å²) in [6.07, 6.45) is 0.667. The lowest BCUT2D eigenvalue weighted by molar-refractivity contribution is -0.116. The van der Waals surface area contributed by atoms with Crippen molar-refractivity contribution in [2.75, 3.05) is 7.11 Å². The molecular weight excluding hydrogens is 210 g/mol. The molecule has 0 spiro atoms. The molecule has 0 fully saturated rings. The highest BCUT2D eigenvalue weighted by molar-refractivity contribution is 6.63. The molecule has 0 bridgehead atoms. The zero-order valence-electron chi connectivity index (χ0n) is 6.77. The van der Waals surface area contributed by atoms with Gasteiger partial charge in [-0.15, -0.1) is 0 Å². The van der Waals surface area contributed by atoms with E-state index < -0.39 is 4.30 Å². The van der Waals surface area contributed by atoms with E-state index in [1.54, 1.807) is 6.92 Å². The molecule has 0 aliphatic carbocycles. The summed E-state index contributed by atoms with van der Waals surface area (Å²) >= 11 is 14.4. The maximum absolute atomic E-state index is 9.81. The van der Waals surface area contributed by atoms with Gasteiger partial charge in [0.2, 0.25) is 0 Å². The van der Waals surface area contributed by atoms with Gasteiger partial charge >= 0.3 is 0 Å². The van der Waals surface area contributed by atoms with Crippen LogP contribution in [0.5, 0.6) is 0 Å². The van der Waals surface area contributed by atoms with Crippen LogP contribution in [0.3, 0.4) is 0 Å². The second kappa shape index (κ2) is 16.8. The van der Waals surface area contributed by atoms with Crippen LogP contribution in [0.25, 0.3) is 0 Å². The number of Topliss-reactive ketones (excluding diaryl/α,β-unsaturated/α-hetero) is 1. The molecule has 0 unspecified atom stereocenters. The molecule has 0 aliphatic heterocycles.